The van der Waals surface area contributed by atoms with Gasteiger partial charge >= 0.3 is 0 Å². The molecule has 0 N–H and O–H groups in total. The maximum absolute atomic E-state index is 8.71. The minimum absolute atomic E-state index is 0.546. The average Bonchev–Trinajstić information content (AvgIpc) is 2.87. The van der Waals surface area contributed by atoms with Crippen LogP contribution in [0.2, 0.25) is 5.02 Å². The van der Waals surface area contributed by atoms with Crippen LogP contribution in [0.15, 0.2) is 42.9 Å². The molecule has 3 heterocycles. The van der Waals surface area contributed by atoms with Gasteiger partial charge in [0.1, 0.15) is 11.7 Å². The molecular formula is C15H9ClN4. The lowest BCUT2D eigenvalue weighted by Gasteiger charge is -1.91. The molecule has 0 saturated carbocycles. The molecule has 0 amide bonds. The molecule has 0 aliphatic rings. The lowest BCUT2D eigenvalue weighted by Crippen LogP contribution is -1.81. The Kier molecular flexibility index (Phi) is 3.20. The summed E-state index contributed by atoms with van der Waals surface area (Å²) in [6.07, 6.45) is 8.96. The largest absolute Gasteiger partial charge is 0.305 e. The summed E-state index contributed by atoms with van der Waals surface area (Å²) in [6.45, 7) is 0. The number of nitrogens with zero attached hydrogens (tertiary/aromatic N) is 4. The van der Waals surface area contributed by atoms with E-state index in [9.17, 15) is 0 Å². The van der Waals surface area contributed by atoms with E-state index in [0.717, 1.165) is 17.0 Å². The number of hydrogen-bond acceptors (Lipinski definition) is 3. The van der Waals surface area contributed by atoms with Crippen molar-refractivity contribution in [2.24, 2.45) is 0 Å². The zero-order chi connectivity index (χ0) is 13.9. The Morgan fingerprint density at radius 3 is 2.70 bits per heavy atom. The van der Waals surface area contributed by atoms with Gasteiger partial charge in [0.25, 0.3) is 0 Å². The standard InChI is InChI=1S/C15H9ClN4/c16-12-2-6-15-19-14(10-20(15)9-12)5-4-13-3-1-11(7-17)8-18-13/h1-6,8-10H/b5-4+. The van der Waals surface area contributed by atoms with Crippen LogP contribution in [0, 0.1) is 11.3 Å². The molecule has 3 aromatic heterocycles. The summed E-state index contributed by atoms with van der Waals surface area (Å²) in [5.41, 5.74) is 2.98. The maximum atomic E-state index is 8.71. The fraction of sp³-hybridized carbons (Fsp3) is 0. The molecule has 0 aromatic carbocycles. The Labute approximate surface area is 120 Å². The van der Waals surface area contributed by atoms with Crippen LogP contribution in [0.3, 0.4) is 0 Å². The van der Waals surface area contributed by atoms with Gasteiger partial charge < -0.3 is 4.40 Å². The highest BCUT2D eigenvalue weighted by Crippen LogP contribution is 2.13. The lowest BCUT2D eigenvalue weighted by molar-refractivity contribution is 1.19. The Bertz CT molecular complexity index is 825. The van der Waals surface area contributed by atoms with Crippen molar-refractivity contribution in [1.29, 1.82) is 5.26 Å². The maximum Gasteiger partial charge on any atom is 0.137 e. The quantitative estimate of drug-likeness (QED) is 0.723. The van der Waals surface area contributed by atoms with Crippen molar-refractivity contribution < 1.29 is 0 Å². The lowest BCUT2D eigenvalue weighted by atomic mass is 10.2. The highest BCUT2D eigenvalue weighted by molar-refractivity contribution is 6.30. The monoisotopic (exact) mass is 280 g/mol. The van der Waals surface area contributed by atoms with Crippen LogP contribution in [0.4, 0.5) is 0 Å². The van der Waals surface area contributed by atoms with Crippen LogP contribution in [-0.4, -0.2) is 14.4 Å². The highest BCUT2D eigenvalue weighted by atomic mass is 35.5. The Morgan fingerprint density at radius 2 is 1.95 bits per heavy atom. The van der Waals surface area contributed by atoms with E-state index in [1.165, 1.54) is 0 Å². The second-order valence-corrected chi connectivity index (χ2v) is 4.63. The van der Waals surface area contributed by atoms with Crippen molar-refractivity contribution in [1.82, 2.24) is 14.4 Å². The van der Waals surface area contributed by atoms with Gasteiger partial charge in [0.15, 0.2) is 0 Å². The molecule has 3 aromatic rings. The van der Waals surface area contributed by atoms with Gasteiger partial charge in [0, 0.05) is 18.6 Å². The molecule has 0 bridgehead atoms. The number of pyridine rings is 2. The molecule has 0 spiro atoms. The van der Waals surface area contributed by atoms with Crippen molar-refractivity contribution in [2.75, 3.05) is 0 Å². The molecule has 0 fully saturated rings. The van der Waals surface area contributed by atoms with E-state index in [0.29, 0.717) is 10.6 Å². The zero-order valence-corrected chi connectivity index (χ0v) is 11.1. The van der Waals surface area contributed by atoms with Crippen molar-refractivity contribution in [3.63, 3.8) is 0 Å². The number of rotatable bonds is 2. The summed E-state index contributed by atoms with van der Waals surface area (Å²) >= 11 is 5.93. The fourth-order valence-corrected chi connectivity index (χ4v) is 1.97. The molecule has 96 valence electrons. The van der Waals surface area contributed by atoms with E-state index < -0.39 is 0 Å². The Morgan fingerprint density at radius 1 is 1.10 bits per heavy atom. The first kappa shape index (κ1) is 12.4. The molecule has 0 aliphatic carbocycles. The SMILES string of the molecule is N#Cc1ccc(/C=C/c2cn3cc(Cl)ccc3n2)nc1. The normalized spacial score (nSPS) is 11.0. The van der Waals surface area contributed by atoms with Gasteiger partial charge in [0.2, 0.25) is 0 Å². The van der Waals surface area contributed by atoms with Gasteiger partial charge in [-0.25, -0.2) is 4.98 Å². The number of imidazole rings is 1. The summed E-state index contributed by atoms with van der Waals surface area (Å²) in [6, 6.07) is 9.23. The molecule has 4 nitrogen and oxygen atoms in total. The third-order valence-electron chi connectivity index (χ3n) is 2.77. The van der Waals surface area contributed by atoms with Crippen molar-refractivity contribution in [3.8, 4) is 6.07 Å². The van der Waals surface area contributed by atoms with Crippen molar-refractivity contribution >= 4 is 29.4 Å². The van der Waals surface area contributed by atoms with Crippen LogP contribution in [-0.2, 0) is 0 Å². The minimum atomic E-state index is 0.546. The average molecular weight is 281 g/mol. The molecule has 0 aliphatic heterocycles. The number of halogens is 1. The van der Waals surface area contributed by atoms with E-state index in [-0.39, 0.29) is 0 Å². The Balaban J connectivity index is 1.88. The van der Waals surface area contributed by atoms with E-state index in [2.05, 4.69) is 9.97 Å². The first-order valence-electron chi connectivity index (χ1n) is 5.93. The summed E-state index contributed by atoms with van der Waals surface area (Å²) in [4.78, 5) is 8.61. The first-order valence-corrected chi connectivity index (χ1v) is 6.31. The number of aromatic nitrogens is 3. The molecule has 0 atom stereocenters. The van der Waals surface area contributed by atoms with E-state index in [1.54, 1.807) is 30.6 Å². The van der Waals surface area contributed by atoms with Crippen molar-refractivity contribution in [3.05, 3.63) is 64.8 Å². The number of fused-ring (bicyclic) bond motifs is 1. The van der Waals surface area contributed by atoms with E-state index >= 15 is 0 Å². The molecular weight excluding hydrogens is 272 g/mol. The van der Waals surface area contributed by atoms with Crippen LogP contribution < -0.4 is 0 Å². The third-order valence-corrected chi connectivity index (χ3v) is 3.00. The highest BCUT2D eigenvalue weighted by Gasteiger charge is 1.99. The van der Waals surface area contributed by atoms with Crippen LogP contribution in [0.25, 0.3) is 17.8 Å². The number of nitriles is 1. The van der Waals surface area contributed by atoms with E-state index in [4.69, 9.17) is 16.9 Å². The van der Waals surface area contributed by atoms with Gasteiger partial charge in [-0.15, -0.1) is 0 Å². The smallest absolute Gasteiger partial charge is 0.137 e. The molecule has 20 heavy (non-hydrogen) atoms. The van der Waals surface area contributed by atoms with E-state index in [1.807, 2.05) is 34.9 Å². The summed E-state index contributed by atoms with van der Waals surface area (Å²) in [5, 5.41) is 9.37. The van der Waals surface area contributed by atoms with Crippen molar-refractivity contribution in [2.45, 2.75) is 0 Å². The van der Waals surface area contributed by atoms with Gasteiger partial charge in [-0.1, -0.05) is 11.6 Å². The van der Waals surface area contributed by atoms with Gasteiger partial charge in [-0.2, -0.15) is 5.26 Å². The molecule has 0 unspecified atom stereocenters. The van der Waals surface area contributed by atoms with Crippen LogP contribution >= 0.6 is 11.6 Å². The molecule has 5 heteroatoms. The Hall–Kier alpha value is -2.64. The summed E-state index contributed by atoms with van der Waals surface area (Å²) in [7, 11) is 0. The van der Waals surface area contributed by atoms with Gasteiger partial charge in [-0.3, -0.25) is 4.98 Å². The van der Waals surface area contributed by atoms with Gasteiger partial charge in [-0.05, 0) is 36.4 Å². The first-order chi connectivity index (χ1) is 9.74. The third kappa shape index (κ3) is 2.53. The topological polar surface area (TPSA) is 54.0 Å². The second-order valence-electron chi connectivity index (χ2n) is 4.20. The summed E-state index contributed by atoms with van der Waals surface area (Å²) < 4.78 is 1.87. The van der Waals surface area contributed by atoms with Gasteiger partial charge in [0.05, 0.1) is 22.0 Å². The molecule has 0 saturated heterocycles. The van der Waals surface area contributed by atoms with Crippen LogP contribution in [0.1, 0.15) is 17.0 Å². The fourth-order valence-electron chi connectivity index (χ4n) is 1.81. The molecule has 0 radical (unpaired) electrons. The van der Waals surface area contributed by atoms with Crippen LogP contribution in [0.5, 0.6) is 0 Å². The number of hydrogen-bond donors (Lipinski definition) is 0. The summed E-state index contributed by atoms with van der Waals surface area (Å²) in [5.74, 6) is 0. The zero-order valence-electron chi connectivity index (χ0n) is 10.4. The second kappa shape index (κ2) is 5.16. The predicted octanol–water partition coefficient (Wildman–Crippen LogP) is 3.42. The predicted molar refractivity (Wildman–Crippen MR) is 78.1 cm³/mol. The minimum Gasteiger partial charge on any atom is -0.305 e. The molecule has 3 rings (SSSR count).